The minimum atomic E-state index is 0.452. The van der Waals surface area contributed by atoms with E-state index in [1.807, 2.05) is 19.1 Å². The number of para-hydroxylation sites is 1. The fourth-order valence-corrected chi connectivity index (χ4v) is 1.70. The van der Waals surface area contributed by atoms with Crippen LogP contribution in [0.5, 0.6) is 11.5 Å². The van der Waals surface area contributed by atoms with Gasteiger partial charge in [-0.3, -0.25) is 0 Å². The third kappa shape index (κ3) is 5.52. The summed E-state index contributed by atoms with van der Waals surface area (Å²) in [4.78, 5) is 0. The Hall–Kier alpha value is -1.22. The quantitative estimate of drug-likeness (QED) is 0.778. The molecule has 0 spiro atoms. The van der Waals surface area contributed by atoms with Crippen molar-refractivity contribution in [3.05, 3.63) is 23.8 Å². The van der Waals surface area contributed by atoms with Crippen molar-refractivity contribution in [3.63, 3.8) is 0 Å². The van der Waals surface area contributed by atoms with Crippen molar-refractivity contribution in [2.45, 2.75) is 47.2 Å². The van der Waals surface area contributed by atoms with E-state index < -0.39 is 0 Å². The van der Waals surface area contributed by atoms with Crippen LogP contribution in [0, 0.1) is 5.92 Å². The number of benzene rings is 1. The molecule has 0 aromatic heterocycles. The summed E-state index contributed by atoms with van der Waals surface area (Å²) >= 11 is 0. The second-order valence-corrected chi connectivity index (χ2v) is 5.42. The summed E-state index contributed by atoms with van der Waals surface area (Å²) in [5.74, 6) is 2.22. The van der Waals surface area contributed by atoms with Gasteiger partial charge in [0.1, 0.15) is 0 Å². The largest absolute Gasteiger partial charge is 0.490 e. The number of ether oxygens (including phenoxy) is 2. The molecule has 0 saturated carbocycles. The van der Waals surface area contributed by atoms with Gasteiger partial charge in [-0.05, 0) is 18.9 Å². The molecule has 0 aliphatic carbocycles. The lowest BCUT2D eigenvalue weighted by atomic mass is 10.1. The van der Waals surface area contributed by atoms with Gasteiger partial charge in [-0.1, -0.05) is 39.8 Å². The van der Waals surface area contributed by atoms with Gasteiger partial charge < -0.3 is 14.8 Å². The van der Waals surface area contributed by atoms with E-state index in [-0.39, 0.29) is 0 Å². The maximum absolute atomic E-state index is 5.95. The van der Waals surface area contributed by atoms with Crippen molar-refractivity contribution in [2.24, 2.45) is 5.92 Å². The summed E-state index contributed by atoms with van der Waals surface area (Å²) in [5.41, 5.74) is 1.15. The highest BCUT2D eigenvalue weighted by Gasteiger charge is 2.12. The van der Waals surface area contributed by atoms with Gasteiger partial charge in [-0.25, -0.2) is 0 Å². The average molecular weight is 265 g/mol. The predicted molar refractivity (Wildman–Crippen MR) is 79.9 cm³/mol. The Balaban J connectivity index is 2.89. The molecule has 0 radical (unpaired) electrons. The molecule has 0 bridgehead atoms. The van der Waals surface area contributed by atoms with Gasteiger partial charge in [-0.15, -0.1) is 0 Å². The molecule has 0 fully saturated rings. The van der Waals surface area contributed by atoms with Crippen LogP contribution in [0.4, 0.5) is 0 Å². The van der Waals surface area contributed by atoms with Crippen molar-refractivity contribution in [2.75, 3.05) is 13.2 Å². The Morgan fingerprint density at radius 2 is 1.84 bits per heavy atom. The van der Waals surface area contributed by atoms with Crippen LogP contribution >= 0.6 is 0 Å². The molecular formula is C16H27NO2. The highest BCUT2D eigenvalue weighted by atomic mass is 16.5. The number of nitrogens with one attached hydrogen (secondary N) is 1. The third-order valence-electron chi connectivity index (χ3n) is 2.62. The lowest BCUT2D eigenvalue weighted by molar-refractivity contribution is 0.245. The van der Waals surface area contributed by atoms with Crippen molar-refractivity contribution in [1.82, 2.24) is 5.32 Å². The standard InChI is InChI=1S/C16H27NO2/c1-6-18-15-9-7-8-14(10-17-13(4)5)16(15)19-11-12(2)3/h7-9,12-13,17H,6,10-11H2,1-5H3. The first-order valence-electron chi connectivity index (χ1n) is 7.15. The van der Waals surface area contributed by atoms with E-state index in [0.717, 1.165) is 23.6 Å². The Morgan fingerprint density at radius 1 is 1.11 bits per heavy atom. The van der Waals surface area contributed by atoms with E-state index in [2.05, 4.69) is 39.1 Å². The van der Waals surface area contributed by atoms with Crippen molar-refractivity contribution >= 4 is 0 Å². The van der Waals surface area contributed by atoms with Crippen LogP contribution in [0.3, 0.4) is 0 Å². The summed E-state index contributed by atoms with van der Waals surface area (Å²) in [5, 5.41) is 3.42. The van der Waals surface area contributed by atoms with Gasteiger partial charge in [0.15, 0.2) is 11.5 Å². The van der Waals surface area contributed by atoms with Gasteiger partial charge in [-0.2, -0.15) is 0 Å². The van der Waals surface area contributed by atoms with Gasteiger partial charge in [0.25, 0.3) is 0 Å². The topological polar surface area (TPSA) is 30.5 Å². The van der Waals surface area contributed by atoms with Crippen LogP contribution in [0.15, 0.2) is 18.2 Å². The second-order valence-electron chi connectivity index (χ2n) is 5.42. The lowest BCUT2D eigenvalue weighted by Crippen LogP contribution is -2.22. The molecule has 1 rings (SSSR count). The van der Waals surface area contributed by atoms with Crippen LogP contribution in [0.1, 0.15) is 40.2 Å². The summed E-state index contributed by atoms with van der Waals surface area (Å²) in [6.07, 6.45) is 0. The monoisotopic (exact) mass is 265 g/mol. The molecule has 108 valence electrons. The van der Waals surface area contributed by atoms with Crippen LogP contribution in [-0.2, 0) is 6.54 Å². The molecule has 0 atom stereocenters. The first kappa shape index (κ1) is 15.8. The fourth-order valence-electron chi connectivity index (χ4n) is 1.70. The zero-order chi connectivity index (χ0) is 14.3. The summed E-state index contributed by atoms with van der Waals surface area (Å²) in [6.45, 7) is 12.7. The van der Waals surface area contributed by atoms with Gasteiger partial charge in [0.05, 0.1) is 13.2 Å². The van der Waals surface area contributed by atoms with Crippen LogP contribution < -0.4 is 14.8 Å². The Kier molecular flexibility index (Phi) is 6.71. The van der Waals surface area contributed by atoms with E-state index >= 15 is 0 Å². The van der Waals surface area contributed by atoms with Crippen molar-refractivity contribution in [1.29, 1.82) is 0 Å². The SMILES string of the molecule is CCOc1cccc(CNC(C)C)c1OCC(C)C. The Bertz CT molecular complexity index is 375. The minimum absolute atomic E-state index is 0.452. The maximum atomic E-state index is 5.95. The summed E-state index contributed by atoms with van der Waals surface area (Å²) < 4.78 is 11.6. The van der Waals surface area contributed by atoms with E-state index in [4.69, 9.17) is 9.47 Å². The number of rotatable bonds is 8. The minimum Gasteiger partial charge on any atom is -0.490 e. The summed E-state index contributed by atoms with van der Waals surface area (Å²) in [6, 6.07) is 6.53. The third-order valence-corrected chi connectivity index (χ3v) is 2.62. The predicted octanol–water partition coefficient (Wildman–Crippen LogP) is 3.62. The molecule has 3 heteroatoms. The number of hydrogen-bond acceptors (Lipinski definition) is 3. The first-order chi connectivity index (χ1) is 9.04. The first-order valence-corrected chi connectivity index (χ1v) is 7.15. The van der Waals surface area contributed by atoms with E-state index in [9.17, 15) is 0 Å². The smallest absolute Gasteiger partial charge is 0.165 e. The number of hydrogen-bond donors (Lipinski definition) is 1. The molecule has 0 aliphatic rings. The van der Waals surface area contributed by atoms with Crippen molar-refractivity contribution < 1.29 is 9.47 Å². The molecule has 0 saturated heterocycles. The molecule has 0 aliphatic heterocycles. The molecule has 0 heterocycles. The van der Waals surface area contributed by atoms with Gasteiger partial charge in [0.2, 0.25) is 0 Å². The molecule has 3 nitrogen and oxygen atoms in total. The molecule has 1 aromatic rings. The van der Waals surface area contributed by atoms with Gasteiger partial charge >= 0.3 is 0 Å². The fraction of sp³-hybridized carbons (Fsp3) is 0.625. The second kappa shape index (κ2) is 8.05. The molecule has 0 amide bonds. The van der Waals surface area contributed by atoms with Crippen LogP contribution in [0.2, 0.25) is 0 Å². The molecule has 19 heavy (non-hydrogen) atoms. The molecule has 1 aromatic carbocycles. The molecular weight excluding hydrogens is 238 g/mol. The molecule has 0 unspecified atom stereocenters. The zero-order valence-electron chi connectivity index (χ0n) is 12.8. The van der Waals surface area contributed by atoms with Crippen molar-refractivity contribution in [3.8, 4) is 11.5 Å². The summed E-state index contributed by atoms with van der Waals surface area (Å²) in [7, 11) is 0. The average Bonchev–Trinajstić information content (AvgIpc) is 2.35. The van der Waals surface area contributed by atoms with Gasteiger partial charge in [0, 0.05) is 18.2 Å². The highest BCUT2D eigenvalue weighted by molar-refractivity contribution is 5.46. The normalized spacial score (nSPS) is 11.1. The zero-order valence-corrected chi connectivity index (χ0v) is 12.8. The van der Waals surface area contributed by atoms with Crippen LogP contribution in [0.25, 0.3) is 0 Å². The Morgan fingerprint density at radius 3 is 2.42 bits per heavy atom. The van der Waals surface area contributed by atoms with E-state index in [0.29, 0.717) is 25.2 Å². The maximum Gasteiger partial charge on any atom is 0.165 e. The lowest BCUT2D eigenvalue weighted by Gasteiger charge is -2.18. The van der Waals surface area contributed by atoms with E-state index in [1.165, 1.54) is 0 Å². The van der Waals surface area contributed by atoms with Crippen LogP contribution in [-0.4, -0.2) is 19.3 Å². The molecule has 1 N–H and O–H groups in total. The Labute approximate surface area is 117 Å². The van der Waals surface area contributed by atoms with E-state index in [1.54, 1.807) is 0 Å². The highest BCUT2D eigenvalue weighted by Crippen LogP contribution is 2.31.